The van der Waals surface area contributed by atoms with Crippen LogP contribution in [0, 0.1) is 6.26 Å². The van der Waals surface area contributed by atoms with E-state index in [-0.39, 0.29) is 29.6 Å². The van der Waals surface area contributed by atoms with Crippen LogP contribution >= 0.6 is 0 Å². The number of rotatable bonds is 4. The Morgan fingerprint density at radius 3 is 2.17 bits per heavy atom. The second kappa shape index (κ2) is 6.62. The average Bonchev–Trinajstić information content (AvgIpc) is 2.03. The van der Waals surface area contributed by atoms with Crippen molar-refractivity contribution in [2.45, 2.75) is 12.7 Å². The van der Waals surface area contributed by atoms with Crippen molar-refractivity contribution in [3.8, 4) is 0 Å². The van der Waals surface area contributed by atoms with Crippen molar-refractivity contribution in [2.24, 2.45) is 0 Å². The number of aliphatic hydroxyl groups excluding tert-OH is 1. The Kier molecular flexibility index (Phi) is 8.08. The third-order valence-corrected chi connectivity index (χ3v) is 1.42. The molecular formula is C7H11NaO4. The van der Waals surface area contributed by atoms with E-state index in [2.05, 4.69) is 0 Å². The van der Waals surface area contributed by atoms with Gasteiger partial charge in [-0.2, -0.15) is 6.08 Å². The predicted molar refractivity (Wildman–Crippen MR) is 37.9 cm³/mol. The molecule has 0 spiro atoms. The van der Waals surface area contributed by atoms with Gasteiger partial charge in [0.25, 0.3) is 0 Å². The monoisotopic (exact) mass is 182 g/mol. The Morgan fingerprint density at radius 2 is 1.92 bits per heavy atom. The van der Waals surface area contributed by atoms with Crippen LogP contribution < -0.4 is 29.6 Å². The third kappa shape index (κ3) is 3.69. The first-order valence-corrected chi connectivity index (χ1v) is 2.98. The molecular weight excluding hydrogens is 171 g/mol. The third-order valence-electron chi connectivity index (χ3n) is 1.42. The maximum atomic E-state index is 11.0. The summed E-state index contributed by atoms with van der Waals surface area (Å²) >= 11 is 0. The molecule has 0 bridgehead atoms. The molecule has 0 rings (SSSR count). The number of carbonyl (C=O) groups excluding carboxylic acids is 1. The normalized spacial score (nSPS) is 11.2. The van der Waals surface area contributed by atoms with Crippen LogP contribution in [-0.4, -0.2) is 30.9 Å². The summed E-state index contributed by atoms with van der Waals surface area (Å²) in [5.74, 6) is -1.82. The molecule has 0 amide bonds. The number of carbonyl (C=O) groups is 1. The quantitative estimate of drug-likeness (QED) is 0.171. The van der Waals surface area contributed by atoms with E-state index in [1.807, 2.05) is 0 Å². The number of hydrogen-bond acceptors (Lipinski definition) is 4. The van der Waals surface area contributed by atoms with Gasteiger partial charge in [-0.1, -0.05) is 6.26 Å². The SMILES string of the molecule is COC(C)(OC)C(=O)C=[C-]O.[Na+]. The van der Waals surface area contributed by atoms with Gasteiger partial charge in [0.1, 0.15) is 0 Å². The van der Waals surface area contributed by atoms with Gasteiger partial charge in [0, 0.05) is 14.2 Å². The van der Waals surface area contributed by atoms with E-state index in [1.165, 1.54) is 21.1 Å². The summed E-state index contributed by atoms with van der Waals surface area (Å²) in [5.41, 5.74) is 0. The van der Waals surface area contributed by atoms with E-state index in [0.717, 1.165) is 6.08 Å². The van der Waals surface area contributed by atoms with Crippen molar-refractivity contribution in [1.82, 2.24) is 0 Å². The van der Waals surface area contributed by atoms with E-state index < -0.39 is 11.6 Å². The standard InChI is InChI=1S/C7H11O4.Na/c1-7(10-2,11-3)6(9)4-5-8;/h4,8H,1-3H3;/q-1;+1. The molecule has 12 heavy (non-hydrogen) atoms. The van der Waals surface area contributed by atoms with Crippen LogP contribution in [0.2, 0.25) is 0 Å². The molecule has 0 aliphatic heterocycles. The summed E-state index contributed by atoms with van der Waals surface area (Å²) in [6.07, 6.45) is 2.46. The number of ether oxygens (including phenoxy) is 2. The number of aliphatic hydroxyl groups is 1. The summed E-state index contributed by atoms with van der Waals surface area (Å²) in [7, 11) is 2.68. The maximum Gasteiger partial charge on any atom is 1.00 e. The second-order valence-electron chi connectivity index (χ2n) is 1.99. The molecule has 0 saturated heterocycles. The minimum absolute atomic E-state index is 0. The molecule has 5 heteroatoms. The largest absolute Gasteiger partial charge is 1.00 e. The second-order valence-corrected chi connectivity index (χ2v) is 1.99. The van der Waals surface area contributed by atoms with Gasteiger partial charge in [-0.05, 0) is 6.92 Å². The van der Waals surface area contributed by atoms with E-state index in [1.54, 1.807) is 6.26 Å². The fourth-order valence-electron chi connectivity index (χ4n) is 0.474. The van der Waals surface area contributed by atoms with Crippen LogP contribution in [0.15, 0.2) is 6.08 Å². The molecule has 0 aromatic rings. The fourth-order valence-corrected chi connectivity index (χ4v) is 0.474. The van der Waals surface area contributed by atoms with Crippen molar-refractivity contribution >= 4 is 5.78 Å². The summed E-state index contributed by atoms with van der Waals surface area (Å²) in [5, 5.41) is 8.15. The summed E-state index contributed by atoms with van der Waals surface area (Å²) in [6.45, 7) is 1.45. The van der Waals surface area contributed by atoms with Crippen LogP contribution in [0.1, 0.15) is 6.92 Å². The summed E-state index contributed by atoms with van der Waals surface area (Å²) < 4.78 is 9.49. The van der Waals surface area contributed by atoms with Crippen LogP contribution in [0.5, 0.6) is 0 Å². The first-order chi connectivity index (χ1) is 5.10. The van der Waals surface area contributed by atoms with Crippen LogP contribution in [-0.2, 0) is 14.3 Å². The Balaban J connectivity index is 0. The minimum Gasteiger partial charge on any atom is -0.607 e. The number of ketones is 1. The number of methoxy groups -OCH3 is 2. The Hall–Kier alpha value is 0.130. The first kappa shape index (κ1) is 14.6. The van der Waals surface area contributed by atoms with Gasteiger partial charge in [0.05, 0.1) is 5.78 Å². The predicted octanol–water partition coefficient (Wildman–Crippen LogP) is -2.56. The zero-order valence-corrected chi connectivity index (χ0v) is 9.75. The van der Waals surface area contributed by atoms with Gasteiger partial charge >= 0.3 is 29.6 Å². The Morgan fingerprint density at radius 1 is 1.50 bits per heavy atom. The molecule has 0 radical (unpaired) electrons. The van der Waals surface area contributed by atoms with Gasteiger partial charge in [0.15, 0.2) is 5.79 Å². The van der Waals surface area contributed by atoms with Crippen molar-refractivity contribution in [2.75, 3.05) is 14.2 Å². The molecule has 0 aromatic heterocycles. The fraction of sp³-hybridized carbons (Fsp3) is 0.571. The summed E-state index contributed by atoms with van der Waals surface area (Å²) in [4.78, 5) is 11.0. The molecule has 64 valence electrons. The van der Waals surface area contributed by atoms with Crippen LogP contribution in [0.4, 0.5) is 0 Å². The van der Waals surface area contributed by atoms with E-state index in [0.29, 0.717) is 0 Å². The molecule has 0 aliphatic carbocycles. The maximum absolute atomic E-state index is 11.0. The molecule has 0 aliphatic rings. The van der Waals surface area contributed by atoms with Crippen molar-refractivity contribution in [3.63, 3.8) is 0 Å². The van der Waals surface area contributed by atoms with Gasteiger partial charge in [-0.3, -0.25) is 0 Å². The summed E-state index contributed by atoms with van der Waals surface area (Å²) in [6, 6.07) is 0. The number of hydrogen-bond donors (Lipinski definition) is 1. The van der Waals surface area contributed by atoms with E-state index in [9.17, 15) is 4.79 Å². The molecule has 0 aromatic carbocycles. The molecule has 0 heterocycles. The van der Waals surface area contributed by atoms with Gasteiger partial charge in [0.2, 0.25) is 0 Å². The van der Waals surface area contributed by atoms with Crippen molar-refractivity contribution < 1.29 is 48.9 Å². The van der Waals surface area contributed by atoms with Crippen LogP contribution in [0.25, 0.3) is 0 Å². The molecule has 1 N–H and O–H groups in total. The van der Waals surface area contributed by atoms with Crippen molar-refractivity contribution in [1.29, 1.82) is 0 Å². The Labute approximate surface area is 93.8 Å². The molecule has 0 unspecified atom stereocenters. The first-order valence-electron chi connectivity index (χ1n) is 2.98. The molecule has 0 atom stereocenters. The van der Waals surface area contributed by atoms with E-state index in [4.69, 9.17) is 14.6 Å². The minimum atomic E-state index is -1.32. The molecule has 4 nitrogen and oxygen atoms in total. The zero-order valence-electron chi connectivity index (χ0n) is 7.75. The zero-order chi connectivity index (χ0) is 8.91. The van der Waals surface area contributed by atoms with Crippen LogP contribution in [0.3, 0.4) is 0 Å². The van der Waals surface area contributed by atoms with E-state index >= 15 is 0 Å². The smallest absolute Gasteiger partial charge is 0.607 e. The van der Waals surface area contributed by atoms with Gasteiger partial charge in [-0.15, -0.1) is 0 Å². The molecule has 0 fully saturated rings. The van der Waals surface area contributed by atoms with Crippen molar-refractivity contribution in [3.05, 3.63) is 12.3 Å². The topological polar surface area (TPSA) is 55.8 Å². The molecule has 0 saturated carbocycles. The van der Waals surface area contributed by atoms with Gasteiger partial charge in [-0.25, -0.2) is 0 Å². The Bertz CT molecular complexity index is 163. The average molecular weight is 182 g/mol. The van der Waals surface area contributed by atoms with Gasteiger partial charge < -0.3 is 19.4 Å².